The number of amidine groups is 1. The zero-order chi connectivity index (χ0) is 29.5. The summed E-state index contributed by atoms with van der Waals surface area (Å²) >= 11 is 7.82. The predicted octanol–water partition coefficient (Wildman–Crippen LogP) is 3.60. The fourth-order valence-electron chi connectivity index (χ4n) is 6.01. The van der Waals surface area contributed by atoms with E-state index < -0.39 is 29.7 Å². The molecule has 4 aliphatic rings. The maximum absolute atomic E-state index is 13.9. The molecule has 11 nitrogen and oxygen atoms in total. The van der Waals surface area contributed by atoms with Crippen molar-refractivity contribution in [1.29, 1.82) is 0 Å². The summed E-state index contributed by atoms with van der Waals surface area (Å²) in [5.41, 5.74) is 2.02. The van der Waals surface area contributed by atoms with Crippen LogP contribution >= 0.6 is 22.9 Å². The van der Waals surface area contributed by atoms with E-state index in [9.17, 15) is 23.9 Å². The van der Waals surface area contributed by atoms with Crippen molar-refractivity contribution < 1.29 is 28.6 Å². The van der Waals surface area contributed by atoms with E-state index in [2.05, 4.69) is 10.3 Å². The number of thiazole rings is 1. The lowest BCUT2D eigenvalue weighted by Gasteiger charge is -2.34. The van der Waals surface area contributed by atoms with Crippen LogP contribution in [0.3, 0.4) is 0 Å². The minimum absolute atomic E-state index is 0.105. The number of carboxylic acid groups (broad SMARTS) is 1. The van der Waals surface area contributed by atoms with E-state index in [0.29, 0.717) is 61.0 Å². The highest BCUT2D eigenvalue weighted by molar-refractivity contribution is 7.11. The minimum Gasteiger partial charge on any atom is -0.481 e. The summed E-state index contributed by atoms with van der Waals surface area (Å²) in [6.07, 6.45) is 5.24. The van der Waals surface area contributed by atoms with Crippen LogP contribution in [0.1, 0.15) is 35.9 Å². The molecule has 2 amide bonds. The van der Waals surface area contributed by atoms with Gasteiger partial charge < -0.3 is 25.0 Å². The summed E-state index contributed by atoms with van der Waals surface area (Å²) in [6.45, 7) is 1.59. The second kappa shape index (κ2) is 11.4. The molecule has 42 heavy (non-hydrogen) atoms. The van der Waals surface area contributed by atoms with Crippen molar-refractivity contribution in [2.75, 3.05) is 33.3 Å². The Morgan fingerprint density at radius 3 is 2.81 bits per heavy atom. The number of ether oxygens (including phenoxy) is 1. The van der Waals surface area contributed by atoms with E-state index in [-0.39, 0.29) is 29.2 Å². The first-order valence-electron chi connectivity index (χ1n) is 13.5. The van der Waals surface area contributed by atoms with Gasteiger partial charge in [0.05, 0.1) is 37.4 Å². The fourth-order valence-corrected chi connectivity index (χ4v) is 6.86. The Morgan fingerprint density at radius 2 is 2.12 bits per heavy atom. The SMILES string of the molecule is COC(=O)C1=C(CN2C=C3CN([C@H]4CC[C@@H](C(=O)O)C4)C(=O)N3CC2)NC(c2nccs2)=NC1c1ccc(F)cc1Cl. The van der Waals surface area contributed by atoms with Crippen LogP contribution in [0.5, 0.6) is 0 Å². The van der Waals surface area contributed by atoms with Crippen LogP contribution in [-0.4, -0.2) is 87.9 Å². The van der Waals surface area contributed by atoms with Gasteiger partial charge in [-0.1, -0.05) is 17.7 Å². The number of esters is 1. The van der Waals surface area contributed by atoms with Crippen molar-refractivity contribution in [2.45, 2.75) is 31.3 Å². The molecule has 2 aromatic rings. The van der Waals surface area contributed by atoms with Gasteiger partial charge in [0, 0.05) is 53.2 Å². The van der Waals surface area contributed by atoms with Crippen LogP contribution in [0.2, 0.25) is 5.02 Å². The first kappa shape index (κ1) is 28.2. The van der Waals surface area contributed by atoms with Gasteiger partial charge in [-0.05, 0) is 31.4 Å². The summed E-state index contributed by atoms with van der Waals surface area (Å²) in [6, 6.07) is 2.88. The van der Waals surface area contributed by atoms with Gasteiger partial charge in [0.2, 0.25) is 0 Å². The molecule has 1 aromatic carbocycles. The van der Waals surface area contributed by atoms with Gasteiger partial charge in [0.1, 0.15) is 11.9 Å². The van der Waals surface area contributed by atoms with Crippen LogP contribution in [0.4, 0.5) is 9.18 Å². The number of aliphatic carboxylic acids is 1. The molecule has 220 valence electrons. The Bertz CT molecular complexity index is 1530. The molecule has 0 bridgehead atoms. The van der Waals surface area contributed by atoms with E-state index >= 15 is 0 Å². The third-order valence-corrected chi connectivity index (χ3v) is 9.18. The first-order valence-corrected chi connectivity index (χ1v) is 14.8. The topological polar surface area (TPSA) is 128 Å². The molecular formula is C28H28ClFN6O5S. The largest absolute Gasteiger partial charge is 0.481 e. The number of rotatable bonds is 7. The number of halogens is 2. The Morgan fingerprint density at radius 1 is 1.29 bits per heavy atom. The third-order valence-electron chi connectivity index (χ3n) is 8.08. The Hall–Kier alpha value is -3.97. The predicted molar refractivity (Wildman–Crippen MR) is 152 cm³/mol. The lowest BCUT2D eigenvalue weighted by Crippen LogP contribution is -2.44. The Kier molecular flexibility index (Phi) is 7.62. The number of methoxy groups -OCH3 is 1. The molecule has 3 aliphatic heterocycles. The maximum atomic E-state index is 13.9. The molecule has 1 aromatic heterocycles. The highest BCUT2D eigenvalue weighted by Crippen LogP contribution is 2.38. The monoisotopic (exact) mass is 614 g/mol. The van der Waals surface area contributed by atoms with Crippen molar-refractivity contribution >= 4 is 46.7 Å². The molecular weight excluding hydrogens is 587 g/mol. The molecule has 4 heterocycles. The molecule has 0 spiro atoms. The van der Waals surface area contributed by atoms with Gasteiger partial charge in [-0.25, -0.2) is 19.0 Å². The fraction of sp³-hybridized carbons (Fsp3) is 0.393. The number of hydrogen-bond acceptors (Lipinski definition) is 9. The first-order chi connectivity index (χ1) is 20.2. The number of carboxylic acids is 1. The number of nitrogens with one attached hydrogen (secondary N) is 1. The van der Waals surface area contributed by atoms with E-state index in [1.54, 1.807) is 16.0 Å². The van der Waals surface area contributed by atoms with Gasteiger partial charge in [0.15, 0.2) is 10.8 Å². The van der Waals surface area contributed by atoms with E-state index in [1.807, 2.05) is 16.5 Å². The molecule has 3 atom stereocenters. The van der Waals surface area contributed by atoms with Crippen LogP contribution in [0.25, 0.3) is 0 Å². The molecule has 2 N–H and O–H groups in total. The number of urea groups is 1. The van der Waals surface area contributed by atoms with Crippen LogP contribution < -0.4 is 5.32 Å². The van der Waals surface area contributed by atoms with E-state index in [0.717, 1.165) is 5.70 Å². The Labute approximate surface area is 249 Å². The number of nitrogens with zero attached hydrogens (tertiary/aromatic N) is 5. The lowest BCUT2D eigenvalue weighted by atomic mass is 9.95. The summed E-state index contributed by atoms with van der Waals surface area (Å²) in [5, 5.41) is 15.2. The van der Waals surface area contributed by atoms with Crippen LogP contribution in [-0.2, 0) is 14.3 Å². The average molecular weight is 615 g/mol. The second-order valence-electron chi connectivity index (χ2n) is 10.5. The second-order valence-corrected chi connectivity index (χ2v) is 11.8. The van der Waals surface area contributed by atoms with Crippen LogP contribution in [0, 0.1) is 11.7 Å². The number of carbonyl (C=O) groups is 3. The van der Waals surface area contributed by atoms with E-state index in [4.69, 9.17) is 21.3 Å². The van der Waals surface area contributed by atoms with Crippen molar-refractivity contribution in [2.24, 2.45) is 10.9 Å². The van der Waals surface area contributed by atoms with Crippen molar-refractivity contribution in [3.63, 3.8) is 0 Å². The summed E-state index contributed by atoms with van der Waals surface area (Å²) < 4.78 is 19.1. The number of aliphatic imine (C=N–C) groups is 1. The molecule has 14 heteroatoms. The smallest absolute Gasteiger partial charge is 0.338 e. The van der Waals surface area contributed by atoms with Gasteiger partial charge in [-0.3, -0.25) is 14.7 Å². The average Bonchev–Trinajstić information content (AvgIpc) is 3.73. The number of fused-ring (bicyclic) bond motifs is 1. The minimum atomic E-state index is -0.872. The number of amides is 2. The quantitative estimate of drug-likeness (QED) is 0.453. The van der Waals surface area contributed by atoms with Crippen molar-refractivity contribution in [3.05, 3.63) is 74.4 Å². The maximum Gasteiger partial charge on any atom is 0.338 e. The highest BCUT2D eigenvalue weighted by Gasteiger charge is 2.43. The third kappa shape index (κ3) is 5.22. The molecule has 1 saturated heterocycles. The molecule has 1 saturated carbocycles. The highest BCUT2D eigenvalue weighted by atomic mass is 35.5. The zero-order valence-electron chi connectivity index (χ0n) is 22.6. The van der Waals surface area contributed by atoms with Gasteiger partial charge >= 0.3 is 18.0 Å². The summed E-state index contributed by atoms with van der Waals surface area (Å²) in [7, 11) is 1.29. The van der Waals surface area contributed by atoms with Crippen molar-refractivity contribution in [3.8, 4) is 0 Å². The molecule has 1 unspecified atom stereocenters. The number of carbonyl (C=O) groups excluding carboxylic acids is 2. The van der Waals surface area contributed by atoms with Gasteiger partial charge in [0.25, 0.3) is 0 Å². The molecule has 1 aliphatic carbocycles. The van der Waals surface area contributed by atoms with Crippen molar-refractivity contribution in [1.82, 2.24) is 25.0 Å². The molecule has 6 rings (SSSR count). The number of hydrogen-bond donors (Lipinski definition) is 2. The molecule has 2 fully saturated rings. The molecule has 0 radical (unpaired) electrons. The summed E-state index contributed by atoms with van der Waals surface area (Å²) in [4.78, 5) is 52.5. The zero-order valence-corrected chi connectivity index (χ0v) is 24.2. The van der Waals surface area contributed by atoms with Gasteiger partial charge in [-0.15, -0.1) is 11.3 Å². The van der Waals surface area contributed by atoms with E-state index in [1.165, 1.54) is 36.6 Å². The lowest BCUT2D eigenvalue weighted by molar-refractivity contribution is -0.141. The number of aromatic nitrogens is 1. The summed E-state index contributed by atoms with van der Waals surface area (Å²) in [5.74, 6) is -1.91. The number of benzene rings is 1. The van der Waals surface area contributed by atoms with Gasteiger partial charge in [-0.2, -0.15) is 0 Å². The van der Waals surface area contributed by atoms with Crippen LogP contribution in [0.15, 0.2) is 57.9 Å². The standard InChI is InChI=1S/C28H28ClFN6O5S/c1-41-27(39)22-21(32-24(25-31-6-9-42-25)33-23(22)19-5-3-16(30)11-20(19)29)14-34-7-8-35-18(12-34)13-36(28(35)40)17-4-2-15(10-17)26(37)38/h3,5-6,9,11-12,15,17,23H,2,4,7-8,10,13-14H2,1H3,(H,32,33)(H,37,38)/t15-,17+,23?/m1/s1. The Balaban J connectivity index is 1.31. The normalized spacial score (nSPS) is 23.9.